The number of alkyl halides is 3. The fourth-order valence-corrected chi connectivity index (χ4v) is 2.12. The molecule has 1 atom stereocenters. The van der Waals surface area contributed by atoms with Gasteiger partial charge in [-0.2, -0.15) is 13.2 Å². The van der Waals surface area contributed by atoms with Gasteiger partial charge in [0.1, 0.15) is 0 Å². The standard InChI is InChI=1S/C17H16F3NO2/c1-11(10-22)21-16(23)15-5-3-2-4-14(15)12-6-8-13(9-7-12)17(18,19)20/h2-9,11,22H,10H2,1H3,(H,21,23). The fourth-order valence-electron chi connectivity index (χ4n) is 2.12. The van der Waals surface area contributed by atoms with E-state index in [4.69, 9.17) is 5.11 Å². The normalized spacial score (nSPS) is 12.7. The summed E-state index contributed by atoms with van der Waals surface area (Å²) in [6.45, 7) is 1.45. The van der Waals surface area contributed by atoms with Crippen molar-refractivity contribution in [3.05, 3.63) is 59.7 Å². The lowest BCUT2D eigenvalue weighted by Gasteiger charge is -2.14. The highest BCUT2D eigenvalue weighted by Crippen LogP contribution is 2.31. The van der Waals surface area contributed by atoms with Crippen molar-refractivity contribution >= 4 is 5.91 Å². The van der Waals surface area contributed by atoms with E-state index in [9.17, 15) is 18.0 Å². The Kier molecular flexibility index (Phi) is 5.05. The number of carbonyl (C=O) groups excluding carboxylic acids is 1. The van der Waals surface area contributed by atoms with Crippen molar-refractivity contribution in [2.75, 3.05) is 6.61 Å². The van der Waals surface area contributed by atoms with Crippen molar-refractivity contribution in [1.29, 1.82) is 0 Å². The molecular formula is C17H16F3NO2. The summed E-state index contributed by atoms with van der Waals surface area (Å²) in [6.07, 6.45) is -4.40. The van der Waals surface area contributed by atoms with Gasteiger partial charge in [0.2, 0.25) is 0 Å². The largest absolute Gasteiger partial charge is 0.416 e. The number of aliphatic hydroxyl groups is 1. The molecule has 0 saturated carbocycles. The fraction of sp³-hybridized carbons (Fsp3) is 0.235. The Bertz CT molecular complexity index is 681. The molecule has 2 aromatic rings. The van der Waals surface area contributed by atoms with Gasteiger partial charge >= 0.3 is 6.18 Å². The van der Waals surface area contributed by atoms with Crippen LogP contribution in [0.1, 0.15) is 22.8 Å². The van der Waals surface area contributed by atoms with Gasteiger partial charge in [-0.15, -0.1) is 0 Å². The van der Waals surface area contributed by atoms with Crippen LogP contribution in [0.4, 0.5) is 13.2 Å². The second-order valence-corrected chi connectivity index (χ2v) is 5.18. The summed E-state index contributed by atoms with van der Waals surface area (Å²) in [5.41, 5.74) is 0.647. The molecule has 2 aromatic carbocycles. The maximum atomic E-state index is 12.6. The minimum absolute atomic E-state index is 0.200. The summed E-state index contributed by atoms with van der Waals surface area (Å²) in [5, 5.41) is 11.6. The third kappa shape index (κ3) is 4.10. The first-order valence-corrected chi connectivity index (χ1v) is 7.01. The lowest BCUT2D eigenvalue weighted by Crippen LogP contribution is -2.35. The summed E-state index contributed by atoms with van der Waals surface area (Å²) in [4.78, 5) is 12.2. The van der Waals surface area contributed by atoms with Crippen molar-refractivity contribution < 1.29 is 23.1 Å². The van der Waals surface area contributed by atoms with E-state index in [1.165, 1.54) is 12.1 Å². The molecule has 0 heterocycles. The Hall–Kier alpha value is -2.34. The van der Waals surface area contributed by atoms with E-state index in [2.05, 4.69) is 5.32 Å². The maximum Gasteiger partial charge on any atom is 0.416 e. The zero-order valence-electron chi connectivity index (χ0n) is 12.4. The van der Waals surface area contributed by atoms with E-state index < -0.39 is 17.8 Å². The Morgan fingerprint density at radius 3 is 2.30 bits per heavy atom. The molecule has 0 fully saturated rings. The minimum atomic E-state index is -4.40. The van der Waals surface area contributed by atoms with Crippen LogP contribution in [0.15, 0.2) is 48.5 Å². The van der Waals surface area contributed by atoms with Crippen LogP contribution < -0.4 is 5.32 Å². The van der Waals surface area contributed by atoms with Gasteiger partial charge < -0.3 is 10.4 Å². The van der Waals surface area contributed by atoms with E-state index >= 15 is 0 Å². The molecule has 0 radical (unpaired) electrons. The molecule has 0 aliphatic carbocycles. The second kappa shape index (κ2) is 6.83. The third-order valence-corrected chi connectivity index (χ3v) is 3.35. The molecule has 2 rings (SSSR count). The second-order valence-electron chi connectivity index (χ2n) is 5.18. The van der Waals surface area contributed by atoms with Gasteiger partial charge in [-0.3, -0.25) is 4.79 Å². The number of hydrogen-bond acceptors (Lipinski definition) is 2. The van der Waals surface area contributed by atoms with Gasteiger partial charge in [0.05, 0.1) is 12.2 Å². The Balaban J connectivity index is 2.35. The van der Waals surface area contributed by atoms with Crippen LogP contribution in [0, 0.1) is 0 Å². The maximum absolute atomic E-state index is 12.6. The predicted octanol–water partition coefficient (Wildman–Crippen LogP) is 3.48. The highest BCUT2D eigenvalue weighted by molar-refractivity contribution is 6.01. The number of nitrogens with one attached hydrogen (secondary N) is 1. The van der Waals surface area contributed by atoms with Gasteiger partial charge in [-0.05, 0) is 36.2 Å². The molecular weight excluding hydrogens is 307 g/mol. The Morgan fingerprint density at radius 2 is 1.74 bits per heavy atom. The van der Waals surface area contributed by atoms with E-state index in [1.54, 1.807) is 31.2 Å². The summed E-state index contributed by atoms with van der Waals surface area (Å²) < 4.78 is 37.9. The number of rotatable bonds is 4. The topological polar surface area (TPSA) is 49.3 Å². The summed E-state index contributed by atoms with van der Waals surface area (Å²) in [6, 6.07) is 10.9. The van der Waals surface area contributed by atoms with Crippen LogP contribution >= 0.6 is 0 Å². The van der Waals surface area contributed by atoms with Gasteiger partial charge in [0.15, 0.2) is 0 Å². The molecule has 23 heavy (non-hydrogen) atoms. The Labute approximate surface area is 131 Å². The van der Waals surface area contributed by atoms with E-state index in [0.717, 1.165) is 12.1 Å². The molecule has 0 aliphatic rings. The molecule has 3 nitrogen and oxygen atoms in total. The van der Waals surface area contributed by atoms with Crippen LogP contribution in [0.2, 0.25) is 0 Å². The van der Waals surface area contributed by atoms with Crippen LogP contribution in [0.3, 0.4) is 0 Å². The SMILES string of the molecule is CC(CO)NC(=O)c1ccccc1-c1ccc(C(F)(F)F)cc1. The molecule has 0 saturated heterocycles. The zero-order chi connectivity index (χ0) is 17.0. The summed E-state index contributed by atoms with van der Waals surface area (Å²) >= 11 is 0. The van der Waals surface area contributed by atoms with Crippen molar-refractivity contribution in [3.63, 3.8) is 0 Å². The van der Waals surface area contributed by atoms with Gasteiger partial charge in [0.25, 0.3) is 5.91 Å². The van der Waals surface area contributed by atoms with Crippen LogP contribution in [0.5, 0.6) is 0 Å². The molecule has 6 heteroatoms. The van der Waals surface area contributed by atoms with Crippen molar-refractivity contribution in [2.45, 2.75) is 19.1 Å². The average Bonchev–Trinajstić information content (AvgIpc) is 2.54. The van der Waals surface area contributed by atoms with E-state index in [0.29, 0.717) is 16.7 Å². The quantitative estimate of drug-likeness (QED) is 0.905. The monoisotopic (exact) mass is 323 g/mol. The first-order valence-electron chi connectivity index (χ1n) is 7.01. The smallest absolute Gasteiger partial charge is 0.394 e. The van der Waals surface area contributed by atoms with E-state index in [-0.39, 0.29) is 12.5 Å². The molecule has 0 aliphatic heterocycles. The lowest BCUT2D eigenvalue weighted by atomic mass is 9.98. The zero-order valence-corrected chi connectivity index (χ0v) is 12.4. The number of aliphatic hydroxyl groups excluding tert-OH is 1. The summed E-state index contributed by atoms with van der Waals surface area (Å²) in [7, 11) is 0. The molecule has 2 N–H and O–H groups in total. The number of hydrogen-bond donors (Lipinski definition) is 2. The molecule has 122 valence electrons. The molecule has 1 unspecified atom stereocenters. The summed E-state index contributed by atoms with van der Waals surface area (Å²) in [5.74, 6) is -0.387. The predicted molar refractivity (Wildman–Crippen MR) is 80.9 cm³/mol. The molecule has 0 bridgehead atoms. The highest BCUT2D eigenvalue weighted by atomic mass is 19.4. The van der Waals surface area contributed by atoms with Crippen LogP contribution in [0.25, 0.3) is 11.1 Å². The van der Waals surface area contributed by atoms with E-state index in [1.807, 2.05) is 0 Å². The Morgan fingerprint density at radius 1 is 1.13 bits per heavy atom. The van der Waals surface area contributed by atoms with Crippen LogP contribution in [-0.2, 0) is 6.18 Å². The van der Waals surface area contributed by atoms with Gasteiger partial charge in [-0.25, -0.2) is 0 Å². The van der Waals surface area contributed by atoms with Crippen molar-refractivity contribution in [2.24, 2.45) is 0 Å². The number of amides is 1. The lowest BCUT2D eigenvalue weighted by molar-refractivity contribution is -0.137. The van der Waals surface area contributed by atoms with Crippen LogP contribution in [-0.4, -0.2) is 23.7 Å². The van der Waals surface area contributed by atoms with Crippen molar-refractivity contribution in [3.8, 4) is 11.1 Å². The van der Waals surface area contributed by atoms with Gasteiger partial charge in [-0.1, -0.05) is 30.3 Å². The average molecular weight is 323 g/mol. The third-order valence-electron chi connectivity index (χ3n) is 3.35. The minimum Gasteiger partial charge on any atom is -0.394 e. The molecule has 0 spiro atoms. The first-order chi connectivity index (χ1) is 10.8. The number of halogens is 3. The van der Waals surface area contributed by atoms with Crippen molar-refractivity contribution in [1.82, 2.24) is 5.32 Å². The highest BCUT2D eigenvalue weighted by Gasteiger charge is 2.30. The van der Waals surface area contributed by atoms with Gasteiger partial charge in [0, 0.05) is 11.6 Å². The number of carbonyl (C=O) groups is 1. The molecule has 0 aromatic heterocycles. The first kappa shape index (κ1) is 17.0. The molecule has 1 amide bonds. The number of benzene rings is 2.